The van der Waals surface area contributed by atoms with Gasteiger partial charge in [-0.25, -0.2) is 4.68 Å². The summed E-state index contributed by atoms with van der Waals surface area (Å²) in [6.45, 7) is 2.90. The lowest BCUT2D eigenvalue weighted by atomic mass is 10.1. The summed E-state index contributed by atoms with van der Waals surface area (Å²) >= 11 is 0. The summed E-state index contributed by atoms with van der Waals surface area (Å²) in [5.74, 6) is 0.779. The summed E-state index contributed by atoms with van der Waals surface area (Å²) in [5.41, 5.74) is -1.37. The molecule has 3 rings (SSSR count). The monoisotopic (exact) mass is 460 g/mol. The number of alkyl halides is 3. The molecule has 0 fully saturated rings. The second-order valence-electron chi connectivity index (χ2n) is 7.24. The quantitative estimate of drug-likeness (QED) is 0.487. The van der Waals surface area contributed by atoms with Gasteiger partial charge in [-0.05, 0) is 30.2 Å². The van der Waals surface area contributed by atoms with Crippen LogP contribution in [-0.2, 0) is 19.1 Å². The van der Waals surface area contributed by atoms with E-state index in [4.69, 9.17) is 9.47 Å². The van der Waals surface area contributed by atoms with Gasteiger partial charge < -0.3 is 14.6 Å². The summed E-state index contributed by atoms with van der Waals surface area (Å²) in [6, 6.07) is 14.1. The SMILES string of the molecule is C=CCc1ccc(OC[C@@H](O)Cn2nc(-c3ccccc3)cc(C(F)(F)F)c2=O)c(OC)c1. The van der Waals surface area contributed by atoms with Crippen molar-refractivity contribution in [2.24, 2.45) is 0 Å². The number of nitrogens with zero attached hydrogens (tertiary/aromatic N) is 2. The Hall–Kier alpha value is -3.59. The maximum atomic E-state index is 13.5. The van der Waals surface area contributed by atoms with Crippen molar-refractivity contribution < 1.29 is 27.8 Å². The van der Waals surface area contributed by atoms with Crippen LogP contribution in [0.25, 0.3) is 11.3 Å². The van der Waals surface area contributed by atoms with E-state index in [0.717, 1.165) is 5.56 Å². The van der Waals surface area contributed by atoms with Crippen LogP contribution in [0, 0.1) is 0 Å². The highest BCUT2D eigenvalue weighted by atomic mass is 19.4. The van der Waals surface area contributed by atoms with Crippen LogP contribution in [0.15, 0.2) is 72.0 Å². The molecule has 0 bridgehead atoms. The number of ether oxygens (including phenoxy) is 2. The zero-order valence-electron chi connectivity index (χ0n) is 17.9. The molecular formula is C24H23F3N2O4. The van der Waals surface area contributed by atoms with E-state index < -0.39 is 29.9 Å². The van der Waals surface area contributed by atoms with Gasteiger partial charge in [-0.3, -0.25) is 4.79 Å². The van der Waals surface area contributed by atoms with Gasteiger partial charge in [0.2, 0.25) is 0 Å². The number of rotatable bonds is 9. The van der Waals surface area contributed by atoms with E-state index in [0.29, 0.717) is 34.2 Å². The molecule has 0 aliphatic carbocycles. The topological polar surface area (TPSA) is 73.6 Å². The number of aliphatic hydroxyl groups is 1. The van der Waals surface area contributed by atoms with E-state index in [-0.39, 0.29) is 12.3 Å². The molecule has 6 nitrogen and oxygen atoms in total. The van der Waals surface area contributed by atoms with Crippen molar-refractivity contribution in [3.05, 3.63) is 88.7 Å². The van der Waals surface area contributed by atoms with Gasteiger partial charge in [0, 0.05) is 5.56 Å². The number of allylic oxidation sites excluding steroid dienone is 1. The van der Waals surface area contributed by atoms with Crippen LogP contribution in [0.2, 0.25) is 0 Å². The second kappa shape index (κ2) is 10.4. The minimum Gasteiger partial charge on any atom is -0.493 e. The molecule has 0 radical (unpaired) electrons. The Morgan fingerprint density at radius 1 is 1.15 bits per heavy atom. The Labute approximate surface area is 188 Å². The van der Waals surface area contributed by atoms with Gasteiger partial charge in [-0.15, -0.1) is 6.58 Å². The van der Waals surface area contributed by atoms with Crippen LogP contribution in [0.3, 0.4) is 0 Å². The predicted octanol–water partition coefficient (Wildman–Crippen LogP) is 4.11. The van der Waals surface area contributed by atoms with E-state index in [1.165, 1.54) is 7.11 Å². The maximum absolute atomic E-state index is 13.5. The smallest absolute Gasteiger partial charge is 0.421 e. The van der Waals surface area contributed by atoms with E-state index in [1.807, 2.05) is 0 Å². The third-order valence-electron chi connectivity index (χ3n) is 4.77. The lowest BCUT2D eigenvalue weighted by Crippen LogP contribution is -2.36. The average Bonchev–Trinajstić information content (AvgIpc) is 2.79. The molecule has 174 valence electrons. The van der Waals surface area contributed by atoms with Gasteiger partial charge >= 0.3 is 6.18 Å². The molecule has 1 atom stereocenters. The molecule has 1 aromatic heterocycles. The van der Waals surface area contributed by atoms with Crippen LogP contribution in [0.1, 0.15) is 11.1 Å². The molecule has 0 saturated heterocycles. The standard InChI is InChI=1S/C24H23F3N2O4/c1-3-7-16-10-11-21(22(12-16)32-2)33-15-18(30)14-29-23(31)19(24(25,26)27)13-20(28-29)17-8-5-4-6-9-17/h3-6,8-13,18,30H,1,7,14-15H2,2H3/t18-/m0/s1. The third-order valence-corrected chi connectivity index (χ3v) is 4.77. The van der Waals surface area contributed by atoms with Crippen LogP contribution in [-0.4, -0.2) is 34.7 Å². The van der Waals surface area contributed by atoms with Crippen molar-refractivity contribution >= 4 is 0 Å². The average molecular weight is 460 g/mol. The molecule has 1 N–H and O–H groups in total. The van der Waals surface area contributed by atoms with E-state index in [1.54, 1.807) is 54.6 Å². The van der Waals surface area contributed by atoms with Gasteiger partial charge in [-0.2, -0.15) is 18.3 Å². The number of hydrogen-bond acceptors (Lipinski definition) is 5. The van der Waals surface area contributed by atoms with Crippen molar-refractivity contribution in [3.63, 3.8) is 0 Å². The lowest BCUT2D eigenvalue weighted by molar-refractivity contribution is -0.139. The number of halogens is 3. The summed E-state index contributed by atoms with van der Waals surface area (Å²) < 4.78 is 51.8. The van der Waals surface area contributed by atoms with Crippen molar-refractivity contribution in [1.82, 2.24) is 9.78 Å². The highest BCUT2D eigenvalue weighted by Crippen LogP contribution is 2.30. The Morgan fingerprint density at radius 3 is 2.52 bits per heavy atom. The highest BCUT2D eigenvalue weighted by Gasteiger charge is 2.35. The fourth-order valence-corrected chi connectivity index (χ4v) is 3.18. The molecule has 0 aliphatic rings. The number of aliphatic hydroxyl groups excluding tert-OH is 1. The molecule has 0 saturated carbocycles. The Balaban J connectivity index is 1.82. The predicted molar refractivity (Wildman–Crippen MR) is 117 cm³/mol. The normalized spacial score (nSPS) is 12.3. The van der Waals surface area contributed by atoms with Gasteiger partial charge in [0.05, 0.1) is 19.3 Å². The molecular weight excluding hydrogens is 437 g/mol. The first-order valence-electron chi connectivity index (χ1n) is 10.1. The first-order chi connectivity index (χ1) is 15.7. The first-order valence-corrected chi connectivity index (χ1v) is 10.1. The molecule has 3 aromatic rings. The largest absolute Gasteiger partial charge is 0.493 e. The zero-order valence-corrected chi connectivity index (χ0v) is 17.9. The van der Waals surface area contributed by atoms with Gasteiger partial charge in [0.15, 0.2) is 11.5 Å². The fraction of sp³-hybridized carbons (Fsp3) is 0.250. The van der Waals surface area contributed by atoms with Crippen LogP contribution in [0.4, 0.5) is 13.2 Å². The Kier molecular flexibility index (Phi) is 7.55. The Bertz CT molecular complexity index is 1160. The maximum Gasteiger partial charge on any atom is 0.421 e. The number of hydrogen-bond donors (Lipinski definition) is 1. The molecule has 0 unspecified atom stereocenters. The number of methoxy groups -OCH3 is 1. The molecule has 1 heterocycles. The summed E-state index contributed by atoms with van der Waals surface area (Å²) in [5, 5.41) is 14.4. The molecule has 2 aromatic carbocycles. The molecule has 0 spiro atoms. The third kappa shape index (κ3) is 6.01. The summed E-state index contributed by atoms with van der Waals surface area (Å²) in [6.07, 6.45) is -3.80. The van der Waals surface area contributed by atoms with E-state index >= 15 is 0 Å². The van der Waals surface area contributed by atoms with Crippen molar-refractivity contribution in [2.75, 3.05) is 13.7 Å². The number of benzene rings is 2. The highest BCUT2D eigenvalue weighted by molar-refractivity contribution is 5.59. The van der Waals surface area contributed by atoms with Crippen molar-refractivity contribution in [3.8, 4) is 22.8 Å². The molecule has 0 aliphatic heterocycles. The summed E-state index contributed by atoms with van der Waals surface area (Å²) in [7, 11) is 1.47. The van der Waals surface area contributed by atoms with Gasteiger partial charge in [0.25, 0.3) is 5.56 Å². The minimum absolute atomic E-state index is 0.0323. The van der Waals surface area contributed by atoms with Crippen LogP contribution in [0.5, 0.6) is 11.5 Å². The van der Waals surface area contributed by atoms with Crippen LogP contribution < -0.4 is 15.0 Å². The first kappa shape index (κ1) is 24.1. The summed E-state index contributed by atoms with van der Waals surface area (Å²) in [4.78, 5) is 12.4. The minimum atomic E-state index is -4.87. The van der Waals surface area contributed by atoms with Crippen molar-refractivity contribution in [1.29, 1.82) is 0 Å². The zero-order chi connectivity index (χ0) is 24.0. The molecule has 9 heteroatoms. The van der Waals surface area contributed by atoms with Crippen molar-refractivity contribution in [2.45, 2.75) is 25.2 Å². The van der Waals surface area contributed by atoms with Crippen LogP contribution >= 0.6 is 0 Å². The van der Waals surface area contributed by atoms with Gasteiger partial charge in [0.1, 0.15) is 18.3 Å². The Morgan fingerprint density at radius 2 is 1.88 bits per heavy atom. The number of aromatic nitrogens is 2. The van der Waals surface area contributed by atoms with E-state index in [2.05, 4.69) is 11.7 Å². The van der Waals surface area contributed by atoms with Gasteiger partial charge in [-0.1, -0.05) is 42.5 Å². The second-order valence-corrected chi connectivity index (χ2v) is 7.24. The fourth-order valence-electron chi connectivity index (χ4n) is 3.18. The lowest BCUT2D eigenvalue weighted by Gasteiger charge is -2.17. The van der Waals surface area contributed by atoms with E-state index in [9.17, 15) is 23.1 Å². The molecule has 33 heavy (non-hydrogen) atoms. The molecule has 0 amide bonds.